The average Bonchev–Trinajstić information content (AvgIpc) is 3.43. The number of hydrogen-bond acceptors (Lipinski definition) is 7. The van der Waals surface area contributed by atoms with Crippen LogP contribution in [-0.2, 0) is 12.8 Å². The third kappa shape index (κ3) is 5.31. The first-order valence-corrected chi connectivity index (χ1v) is 12.6. The van der Waals surface area contributed by atoms with Crippen LogP contribution in [0.3, 0.4) is 0 Å². The van der Waals surface area contributed by atoms with Crippen LogP contribution in [0.5, 0.6) is 0 Å². The van der Waals surface area contributed by atoms with Crippen molar-refractivity contribution in [2.75, 3.05) is 5.32 Å². The Morgan fingerprint density at radius 2 is 2.00 bits per heavy atom. The second-order valence-corrected chi connectivity index (χ2v) is 11.3. The normalized spacial score (nSPS) is 15.1. The Balaban J connectivity index is 1.48. The predicted molar refractivity (Wildman–Crippen MR) is 142 cm³/mol. The van der Waals surface area contributed by atoms with Crippen LogP contribution in [0.2, 0.25) is 0 Å². The molecule has 1 atom stereocenters. The maximum Gasteiger partial charge on any atom is 0.293 e. The van der Waals surface area contributed by atoms with E-state index in [1.807, 2.05) is 0 Å². The number of furan rings is 1. The number of nitrogens with one attached hydrogen (secondary N) is 2. The second kappa shape index (κ2) is 9.82. The summed E-state index contributed by atoms with van der Waals surface area (Å²) in [5.41, 5.74) is 7.61. The zero-order valence-corrected chi connectivity index (χ0v) is 21.7. The van der Waals surface area contributed by atoms with Gasteiger partial charge in [-0.25, -0.2) is 0 Å². The van der Waals surface area contributed by atoms with Crippen LogP contribution in [0.1, 0.15) is 58.5 Å². The van der Waals surface area contributed by atoms with E-state index in [1.165, 1.54) is 35.6 Å². The molecule has 4 N–H and O–H groups in total. The lowest BCUT2D eigenvalue weighted by Crippen LogP contribution is -2.34. The molecule has 0 saturated carbocycles. The monoisotopic (exact) mass is 526 g/mol. The lowest BCUT2D eigenvalue weighted by molar-refractivity contribution is -0.384. The number of hydrogen-bond donors (Lipinski definition) is 3. The van der Waals surface area contributed by atoms with Crippen molar-refractivity contribution in [3.8, 4) is 11.3 Å². The molecular formula is C25H26N4O5S2. The number of thiophene rings is 1. The molecule has 0 saturated heterocycles. The van der Waals surface area contributed by atoms with E-state index in [-0.39, 0.29) is 22.0 Å². The van der Waals surface area contributed by atoms with Crippen LogP contribution >= 0.6 is 23.6 Å². The Hall–Kier alpha value is -3.57. The molecule has 3 aromatic rings. The predicted octanol–water partition coefficient (Wildman–Crippen LogP) is 5.29. The van der Waals surface area contributed by atoms with E-state index in [0.717, 1.165) is 29.7 Å². The first-order chi connectivity index (χ1) is 16.9. The summed E-state index contributed by atoms with van der Waals surface area (Å²) in [6, 6.07) is 8.92. The minimum absolute atomic E-state index is 0.00164. The summed E-state index contributed by atoms with van der Waals surface area (Å²) in [6.45, 7) is 6.65. The third-order valence-corrected chi connectivity index (χ3v) is 7.74. The van der Waals surface area contributed by atoms with Crippen LogP contribution in [0.4, 0.5) is 10.7 Å². The van der Waals surface area contributed by atoms with Gasteiger partial charge in [-0.05, 0) is 60.5 Å². The fourth-order valence-corrected chi connectivity index (χ4v) is 5.96. The Morgan fingerprint density at radius 3 is 2.67 bits per heavy atom. The number of primary amides is 1. The van der Waals surface area contributed by atoms with Crippen LogP contribution < -0.4 is 16.4 Å². The smallest absolute Gasteiger partial charge is 0.293 e. The number of non-ortho nitro benzene ring substituents is 1. The molecule has 2 aromatic heterocycles. The van der Waals surface area contributed by atoms with Gasteiger partial charge in [-0.1, -0.05) is 32.9 Å². The molecule has 36 heavy (non-hydrogen) atoms. The van der Waals surface area contributed by atoms with Crippen LogP contribution in [0, 0.1) is 21.4 Å². The summed E-state index contributed by atoms with van der Waals surface area (Å²) >= 11 is 6.76. The molecule has 9 nitrogen and oxygen atoms in total. The van der Waals surface area contributed by atoms with E-state index in [1.54, 1.807) is 12.1 Å². The summed E-state index contributed by atoms with van der Waals surface area (Å²) < 4.78 is 5.60. The highest BCUT2D eigenvalue weighted by molar-refractivity contribution is 7.80. The number of amides is 2. The Labute approximate surface area is 217 Å². The lowest BCUT2D eigenvalue weighted by atomic mass is 9.72. The number of benzene rings is 1. The number of nitrogens with two attached hydrogens (primary N) is 1. The number of thiocarbonyl (C=S) groups is 1. The SMILES string of the molecule is CC(C)(C)C1CCc2c(sc(NC(=S)NC(=O)c3ccc(-c4cccc([N+](=O)[O-])c4)o3)c2C(N)=O)C1. The minimum Gasteiger partial charge on any atom is -0.451 e. The van der Waals surface area contributed by atoms with Gasteiger partial charge in [-0.2, -0.15) is 0 Å². The lowest BCUT2D eigenvalue weighted by Gasteiger charge is -2.33. The van der Waals surface area contributed by atoms with Gasteiger partial charge in [0.05, 0.1) is 10.5 Å². The molecule has 2 heterocycles. The highest BCUT2D eigenvalue weighted by Crippen LogP contribution is 2.44. The maximum atomic E-state index is 12.7. The fraction of sp³-hybridized carbons (Fsp3) is 0.320. The molecule has 2 amide bonds. The van der Waals surface area contributed by atoms with Crippen molar-refractivity contribution in [2.24, 2.45) is 17.1 Å². The molecule has 0 spiro atoms. The quantitative estimate of drug-likeness (QED) is 0.233. The average molecular weight is 527 g/mol. The molecule has 188 valence electrons. The van der Waals surface area contributed by atoms with Gasteiger partial charge < -0.3 is 15.5 Å². The largest absolute Gasteiger partial charge is 0.451 e. The molecule has 11 heteroatoms. The number of nitrogens with zero attached hydrogens (tertiary/aromatic N) is 1. The van der Waals surface area contributed by atoms with E-state index in [9.17, 15) is 19.7 Å². The van der Waals surface area contributed by atoms with Gasteiger partial charge in [0.2, 0.25) is 0 Å². The highest BCUT2D eigenvalue weighted by atomic mass is 32.1. The number of anilines is 1. The Morgan fingerprint density at radius 1 is 1.25 bits per heavy atom. The number of carbonyl (C=O) groups is 2. The van der Waals surface area contributed by atoms with Crippen molar-refractivity contribution in [1.29, 1.82) is 0 Å². The molecule has 0 fully saturated rings. The van der Waals surface area contributed by atoms with E-state index in [4.69, 9.17) is 22.4 Å². The topological polar surface area (TPSA) is 140 Å². The van der Waals surface area contributed by atoms with Gasteiger partial charge in [-0.3, -0.25) is 25.0 Å². The molecule has 0 aliphatic heterocycles. The van der Waals surface area contributed by atoms with Crippen molar-refractivity contribution in [2.45, 2.75) is 40.0 Å². The number of rotatable bonds is 5. The summed E-state index contributed by atoms with van der Waals surface area (Å²) in [6.07, 6.45) is 2.59. The molecule has 1 aliphatic carbocycles. The standard InChI is InChI=1S/C25H26N4O5S2/c1-25(2,3)14-7-8-16-19(12-14)36-23(20(16)21(26)30)28-24(35)27-22(31)18-10-9-17(34-18)13-5-4-6-15(11-13)29(32)33/h4-6,9-11,14H,7-8,12H2,1-3H3,(H2,26,30)(H2,27,28,31,35). The third-order valence-electron chi connectivity index (χ3n) is 6.36. The minimum atomic E-state index is -0.598. The summed E-state index contributed by atoms with van der Waals surface area (Å²) in [7, 11) is 0. The number of carbonyl (C=O) groups excluding carboxylic acids is 2. The molecule has 1 aromatic carbocycles. The summed E-state index contributed by atoms with van der Waals surface area (Å²) in [5.74, 6) is -0.361. The molecule has 1 aliphatic rings. The van der Waals surface area contributed by atoms with Crippen LogP contribution in [-0.4, -0.2) is 21.9 Å². The van der Waals surface area contributed by atoms with Crippen molar-refractivity contribution < 1.29 is 18.9 Å². The Bertz CT molecular complexity index is 1370. The zero-order chi connectivity index (χ0) is 26.2. The van der Waals surface area contributed by atoms with Crippen molar-refractivity contribution >= 4 is 51.2 Å². The van der Waals surface area contributed by atoms with E-state index in [2.05, 4.69) is 31.4 Å². The summed E-state index contributed by atoms with van der Waals surface area (Å²) in [5, 5.41) is 17.1. The van der Waals surface area contributed by atoms with Crippen LogP contribution in [0.15, 0.2) is 40.8 Å². The van der Waals surface area contributed by atoms with Crippen molar-refractivity contribution in [1.82, 2.24) is 5.32 Å². The van der Waals surface area contributed by atoms with E-state index in [0.29, 0.717) is 27.8 Å². The molecule has 0 bridgehead atoms. The zero-order valence-electron chi connectivity index (χ0n) is 20.0. The highest BCUT2D eigenvalue weighted by Gasteiger charge is 2.33. The van der Waals surface area contributed by atoms with Gasteiger partial charge in [0.1, 0.15) is 10.8 Å². The maximum absolute atomic E-state index is 12.7. The van der Waals surface area contributed by atoms with Gasteiger partial charge in [-0.15, -0.1) is 11.3 Å². The fourth-order valence-electron chi connectivity index (χ4n) is 4.36. The Kier molecular flexibility index (Phi) is 6.96. The van der Waals surface area contributed by atoms with Crippen molar-refractivity contribution in [3.63, 3.8) is 0 Å². The number of nitro benzene ring substituents is 1. The van der Waals surface area contributed by atoms with E-state index >= 15 is 0 Å². The molecule has 0 radical (unpaired) electrons. The molecule has 1 unspecified atom stereocenters. The molecule has 4 rings (SSSR count). The van der Waals surface area contributed by atoms with Gasteiger partial charge >= 0.3 is 0 Å². The number of fused-ring (bicyclic) bond motifs is 1. The van der Waals surface area contributed by atoms with Gasteiger partial charge in [0.25, 0.3) is 17.5 Å². The first kappa shape index (κ1) is 25.5. The first-order valence-electron chi connectivity index (χ1n) is 11.4. The van der Waals surface area contributed by atoms with Crippen molar-refractivity contribution in [3.05, 3.63) is 68.3 Å². The van der Waals surface area contributed by atoms with Gasteiger partial charge in [0, 0.05) is 22.6 Å². The van der Waals surface area contributed by atoms with Crippen LogP contribution in [0.25, 0.3) is 11.3 Å². The second-order valence-electron chi connectivity index (χ2n) is 9.76. The summed E-state index contributed by atoms with van der Waals surface area (Å²) in [4.78, 5) is 36.6. The molecular weight excluding hydrogens is 500 g/mol. The van der Waals surface area contributed by atoms with E-state index < -0.39 is 16.7 Å². The van der Waals surface area contributed by atoms with Gasteiger partial charge in [0.15, 0.2) is 10.9 Å². The number of nitro groups is 1.